The number of carboxylic acids is 1. The van der Waals surface area contributed by atoms with E-state index < -0.39 is 12.0 Å². The summed E-state index contributed by atoms with van der Waals surface area (Å²) in [6.45, 7) is 2.58. The minimum absolute atomic E-state index is 0.0272. The molecule has 1 aliphatic heterocycles. The van der Waals surface area contributed by atoms with Gasteiger partial charge >= 0.3 is 5.97 Å². The largest absolute Gasteiger partial charge is 0.477 e. The van der Waals surface area contributed by atoms with Crippen molar-refractivity contribution in [2.24, 2.45) is 10.9 Å². The fourth-order valence-corrected chi connectivity index (χ4v) is 1.90. The highest BCUT2D eigenvalue weighted by Gasteiger charge is 2.26. The highest BCUT2D eigenvalue weighted by molar-refractivity contribution is 5.85. The summed E-state index contributed by atoms with van der Waals surface area (Å²) in [4.78, 5) is 26.4. The molecule has 0 aromatic rings. The third kappa shape index (κ3) is 4.44. The maximum absolute atomic E-state index is 11.7. The van der Waals surface area contributed by atoms with E-state index in [0.29, 0.717) is 13.0 Å². The number of quaternary nitrogens is 1. The van der Waals surface area contributed by atoms with Crippen LogP contribution in [-0.4, -0.2) is 41.8 Å². The van der Waals surface area contributed by atoms with Crippen LogP contribution in [-0.2, 0) is 9.59 Å². The molecule has 1 heterocycles. The van der Waals surface area contributed by atoms with E-state index in [0.717, 1.165) is 19.3 Å². The van der Waals surface area contributed by atoms with Crippen molar-refractivity contribution in [1.82, 2.24) is 5.32 Å². The fraction of sp³-hybridized carbons (Fsp3) is 0.750. The second-order valence-corrected chi connectivity index (χ2v) is 4.81. The molecule has 1 rings (SSSR count). The molecule has 0 fully saturated rings. The maximum Gasteiger partial charge on any atom is 0.362 e. The Balaban J connectivity index is 2.09. The quantitative estimate of drug-likeness (QED) is 0.532. The zero-order chi connectivity index (χ0) is 13.5. The second kappa shape index (κ2) is 7.10. The van der Waals surface area contributed by atoms with Crippen LogP contribution in [0.25, 0.3) is 0 Å². The first-order chi connectivity index (χ1) is 8.52. The summed E-state index contributed by atoms with van der Waals surface area (Å²) in [5, 5.41) is 11.5. The van der Waals surface area contributed by atoms with Gasteiger partial charge in [-0.05, 0) is 25.2 Å². The van der Waals surface area contributed by atoms with E-state index in [9.17, 15) is 9.59 Å². The Bertz CT molecular complexity index is 331. The number of carbonyl (C=O) groups excluding carboxylic acids is 1. The van der Waals surface area contributed by atoms with Crippen molar-refractivity contribution >= 4 is 18.1 Å². The number of hydrogen-bond donors (Lipinski definition) is 3. The van der Waals surface area contributed by atoms with Gasteiger partial charge in [0, 0.05) is 19.2 Å². The maximum atomic E-state index is 11.7. The number of carbonyl (C=O) groups is 2. The van der Waals surface area contributed by atoms with Gasteiger partial charge in [-0.2, -0.15) is 0 Å². The molecule has 0 aromatic heterocycles. The normalized spacial score (nSPS) is 23.9. The van der Waals surface area contributed by atoms with Crippen LogP contribution in [0, 0.1) is 5.92 Å². The highest BCUT2D eigenvalue weighted by atomic mass is 16.4. The average molecular weight is 256 g/mol. The Kier molecular flexibility index (Phi) is 5.77. The van der Waals surface area contributed by atoms with E-state index in [2.05, 4.69) is 16.0 Å². The van der Waals surface area contributed by atoms with E-state index in [-0.39, 0.29) is 17.9 Å². The Morgan fingerprint density at radius 1 is 1.56 bits per heavy atom. The van der Waals surface area contributed by atoms with Gasteiger partial charge in [-0.15, -0.1) is 0 Å². The van der Waals surface area contributed by atoms with Crippen LogP contribution in [0.3, 0.4) is 0 Å². The molecule has 18 heavy (non-hydrogen) atoms. The van der Waals surface area contributed by atoms with E-state index in [1.807, 2.05) is 6.92 Å². The molecule has 0 saturated heterocycles. The number of aliphatic carboxylic acids is 1. The Labute approximate surface area is 107 Å². The topological polar surface area (TPSA) is 106 Å². The molecule has 0 aromatic carbocycles. The lowest BCUT2D eigenvalue weighted by molar-refractivity contribution is -0.409. The van der Waals surface area contributed by atoms with Gasteiger partial charge in [0.1, 0.15) is 6.04 Å². The fourth-order valence-electron chi connectivity index (χ4n) is 1.90. The number of aliphatic imine (C=N–C) groups is 1. The number of rotatable bonds is 7. The third-order valence-electron chi connectivity index (χ3n) is 3.18. The summed E-state index contributed by atoms with van der Waals surface area (Å²) < 4.78 is 0. The molecule has 1 aliphatic rings. The zero-order valence-electron chi connectivity index (χ0n) is 10.8. The number of carboxylic acid groups (broad SMARTS) is 1. The Morgan fingerprint density at radius 3 is 2.83 bits per heavy atom. The van der Waals surface area contributed by atoms with Crippen molar-refractivity contribution in [2.45, 2.75) is 44.7 Å². The summed E-state index contributed by atoms with van der Waals surface area (Å²) in [5.41, 5.74) is 3.54. The zero-order valence-corrected chi connectivity index (χ0v) is 10.8. The summed E-state index contributed by atoms with van der Waals surface area (Å²) in [7, 11) is 0. The molecule has 6 nitrogen and oxygen atoms in total. The summed E-state index contributed by atoms with van der Waals surface area (Å²) in [6, 6.07) is -0.801. The number of nitrogens with zero attached hydrogens (tertiary/aromatic N) is 1. The molecule has 3 atom stereocenters. The SMILES string of the molecule is C[C@@H]1CC=N[C@H]1C(=O)NCCCC[C@H]([NH3+])C(=O)O. The molecule has 0 unspecified atom stereocenters. The minimum atomic E-state index is -0.867. The van der Waals surface area contributed by atoms with Crippen molar-refractivity contribution in [2.75, 3.05) is 6.54 Å². The van der Waals surface area contributed by atoms with Gasteiger partial charge in [0.25, 0.3) is 0 Å². The number of hydrogen-bond acceptors (Lipinski definition) is 3. The van der Waals surface area contributed by atoms with Crippen LogP contribution >= 0.6 is 0 Å². The van der Waals surface area contributed by atoms with Crippen molar-refractivity contribution in [3.8, 4) is 0 Å². The third-order valence-corrected chi connectivity index (χ3v) is 3.18. The van der Waals surface area contributed by atoms with E-state index in [1.54, 1.807) is 6.21 Å². The van der Waals surface area contributed by atoms with Gasteiger partial charge in [0.05, 0.1) is 0 Å². The summed E-state index contributed by atoms with van der Waals surface area (Å²) >= 11 is 0. The highest BCUT2D eigenvalue weighted by Crippen LogP contribution is 2.16. The molecule has 5 N–H and O–H groups in total. The van der Waals surface area contributed by atoms with E-state index in [1.165, 1.54) is 0 Å². The van der Waals surface area contributed by atoms with Crippen LogP contribution in [0.5, 0.6) is 0 Å². The molecule has 0 aliphatic carbocycles. The lowest BCUT2D eigenvalue weighted by Crippen LogP contribution is -2.64. The molecule has 0 spiro atoms. The van der Waals surface area contributed by atoms with Crippen LogP contribution < -0.4 is 11.1 Å². The molecular formula is C12H22N3O3+. The minimum Gasteiger partial charge on any atom is -0.477 e. The first-order valence-corrected chi connectivity index (χ1v) is 6.37. The smallest absolute Gasteiger partial charge is 0.362 e. The number of nitrogens with one attached hydrogen (secondary N) is 1. The van der Waals surface area contributed by atoms with Gasteiger partial charge in [0.15, 0.2) is 6.04 Å². The molecule has 0 radical (unpaired) electrons. The Morgan fingerprint density at radius 2 is 2.28 bits per heavy atom. The molecule has 1 amide bonds. The molecular weight excluding hydrogens is 234 g/mol. The number of unbranched alkanes of at least 4 members (excludes halogenated alkanes) is 1. The van der Waals surface area contributed by atoms with Crippen molar-refractivity contribution in [3.63, 3.8) is 0 Å². The lowest BCUT2D eigenvalue weighted by Gasteiger charge is -2.13. The van der Waals surface area contributed by atoms with Crippen LogP contribution in [0.15, 0.2) is 4.99 Å². The molecule has 6 heteroatoms. The van der Waals surface area contributed by atoms with Gasteiger partial charge in [-0.1, -0.05) is 6.92 Å². The lowest BCUT2D eigenvalue weighted by atomic mass is 10.0. The van der Waals surface area contributed by atoms with Crippen molar-refractivity contribution in [3.05, 3.63) is 0 Å². The molecule has 102 valence electrons. The molecule has 0 saturated carbocycles. The summed E-state index contributed by atoms with van der Waals surface area (Å²) in [5.74, 6) is -0.616. The standard InChI is InChI=1S/C12H21N3O3/c1-8-5-7-14-10(8)11(16)15-6-3-2-4-9(13)12(17)18/h7-10H,2-6,13H2,1H3,(H,15,16)(H,17,18)/p+1/t8-,9+,10-/m1/s1. The van der Waals surface area contributed by atoms with Gasteiger partial charge in [0.2, 0.25) is 5.91 Å². The predicted molar refractivity (Wildman–Crippen MR) is 67.2 cm³/mol. The van der Waals surface area contributed by atoms with E-state index in [4.69, 9.17) is 5.11 Å². The number of amides is 1. The monoisotopic (exact) mass is 256 g/mol. The van der Waals surface area contributed by atoms with Gasteiger partial charge in [-0.25, -0.2) is 4.79 Å². The van der Waals surface area contributed by atoms with Crippen LogP contribution in [0.4, 0.5) is 0 Å². The predicted octanol–water partition coefficient (Wildman–Crippen LogP) is -0.553. The second-order valence-electron chi connectivity index (χ2n) is 4.81. The molecule has 0 bridgehead atoms. The first-order valence-electron chi connectivity index (χ1n) is 6.37. The van der Waals surface area contributed by atoms with Gasteiger partial charge in [-0.3, -0.25) is 9.79 Å². The first kappa shape index (κ1) is 14.6. The average Bonchev–Trinajstić information content (AvgIpc) is 2.74. The summed E-state index contributed by atoms with van der Waals surface area (Å²) in [6.07, 6.45) is 4.73. The van der Waals surface area contributed by atoms with Gasteiger partial charge < -0.3 is 16.2 Å². The Hall–Kier alpha value is -1.43. The van der Waals surface area contributed by atoms with Crippen molar-refractivity contribution in [1.29, 1.82) is 0 Å². The van der Waals surface area contributed by atoms with Crippen molar-refractivity contribution < 1.29 is 20.4 Å². The van der Waals surface area contributed by atoms with E-state index >= 15 is 0 Å². The van der Waals surface area contributed by atoms with Crippen LogP contribution in [0.1, 0.15) is 32.6 Å². The van der Waals surface area contributed by atoms with Crippen LogP contribution in [0.2, 0.25) is 0 Å².